The van der Waals surface area contributed by atoms with Gasteiger partial charge < -0.3 is 15.0 Å². The van der Waals surface area contributed by atoms with E-state index in [2.05, 4.69) is 48.3 Å². The van der Waals surface area contributed by atoms with Crippen LogP contribution in [-0.2, 0) is 16.6 Å². The number of hydrogen-bond acceptors (Lipinski definition) is 7. The maximum atomic E-state index is 12.6. The zero-order valence-corrected chi connectivity index (χ0v) is 20.4. The predicted molar refractivity (Wildman–Crippen MR) is 123 cm³/mol. The van der Waals surface area contributed by atoms with Gasteiger partial charge in [0.25, 0.3) is 0 Å². The van der Waals surface area contributed by atoms with Gasteiger partial charge in [0.1, 0.15) is 12.2 Å². The van der Waals surface area contributed by atoms with E-state index in [0.717, 1.165) is 29.8 Å². The minimum Gasteiger partial charge on any atom is -0.445 e. The number of nitrogens with zero attached hydrogens (tertiary/aromatic N) is 5. The lowest BCUT2D eigenvalue weighted by molar-refractivity contribution is 0.0386. The molecule has 2 aromatic heterocycles. The molecule has 32 heavy (non-hydrogen) atoms. The third kappa shape index (κ3) is 4.16. The van der Waals surface area contributed by atoms with Crippen LogP contribution in [-0.4, -0.2) is 45.8 Å². The Morgan fingerprint density at radius 1 is 1.34 bits per heavy atom. The van der Waals surface area contributed by atoms with Gasteiger partial charge in [-0.2, -0.15) is 5.26 Å². The topological polar surface area (TPSA) is 104 Å². The first-order chi connectivity index (χ1) is 15.1. The van der Waals surface area contributed by atoms with Crippen LogP contribution < -0.4 is 10.2 Å². The molecule has 1 saturated heterocycles. The molecular formula is C23H27BrN6O2. The fraction of sp³-hybridized carbons (Fsp3) is 0.522. The zero-order valence-electron chi connectivity index (χ0n) is 18.8. The largest absolute Gasteiger partial charge is 0.445 e. The molecule has 9 heteroatoms. The molecular weight excluding hydrogens is 472 g/mol. The number of nitrogens with one attached hydrogen (secondary N) is 1. The maximum absolute atomic E-state index is 12.6. The van der Waals surface area contributed by atoms with Crippen molar-refractivity contribution in [2.24, 2.45) is 0 Å². The second kappa shape index (κ2) is 8.32. The van der Waals surface area contributed by atoms with Crippen LogP contribution in [0.25, 0.3) is 0 Å². The van der Waals surface area contributed by atoms with Crippen LogP contribution in [0.4, 0.5) is 10.7 Å². The summed E-state index contributed by atoms with van der Waals surface area (Å²) < 4.78 is 6.62. The molecule has 0 radical (unpaired) electrons. The highest BCUT2D eigenvalue weighted by Crippen LogP contribution is 2.47. The fourth-order valence-corrected chi connectivity index (χ4v) is 4.91. The minimum absolute atomic E-state index is 0.279. The van der Waals surface area contributed by atoms with E-state index in [0.29, 0.717) is 35.6 Å². The molecule has 2 aliphatic rings. The van der Waals surface area contributed by atoms with Gasteiger partial charge in [0.2, 0.25) is 5.95 Å². The number of aromatic nitrogens is 3. The van der Waals surface area contributed by atoms with Crippen LogP contribution in [0.15, 0.2) is 22.8 Å². The Kier molecular flexibility index (Phi) is 5.84. The third-order valence-corrected chi connectivity index (χ3v) is 7.11. The molecule has 1 aliphatic heterocycles. The molecule has 0 saturated carbocycles. The molecule has 1 aliphatic carbocycles. The molecule has 1 spiro atoms. The van der Waals surface area contributed by atoms with Gasteiger partial charge in [0.15, 0.2) is 5.69 Å². The number of piperidine rings is 1. The second-order valence-electron chi connectivity index (χ2n) is 9.51. The highest BCUT2D eigenvalue weighted by atomic mass is 79.9. The second-order valence-corrected chi connectivity index (χ2v) is 10.3. The van der Waals surface area contributed by atoms with E-state index in [1.165, 1.54) is 0 Å². The first kappa shape index (κ1) is 22.5. The Morgan fingerprint density at radius 3 is 2.72 bits per heavy atom. The van der Waals surface area contributed by atoms with Gasteiger partial charge >= 0.3 is 6.09 Å². The Morgan fingerprint density at radius 2 is 2.06 bits per heavy atom. The van der Waals surface area contributed by atoms with E-state index in [-0.39, 0.29) is 17.1 Å². The number of ether oxygens (including phenoxy) is 1. The van der Waals surface area contributed by atoms with Crippen molar-refractivity contribution in [3.05, 3.63) is 45.4 Å². The van der Waals surface area contributed by atoms with Gasteiger partial charge in [-0.15, -0.1) is 0 Å². The maximum Gasteiger partial charge on any atom is 0.407 e. The minimum atomic E-state index is -0.400. The Hall–Kier alpha value is -2.73. The Balaban J connectivity index is 1.58. The molecule has 0 unspecified atom stereocenters. The molecule has 1 atom stereocenters. The smallest absolute Gasteiger partial charge is 0.407 e. The molecule has 4 rings (SSSR count). The van der Waals surface area contributed by atoms with Crippen molar-refractivity contribution < 1.29 is 9.53 Å². The number of pyridine rings is 1. The number of hydrogen-bond donors (Lipinski definition) is 1. The summed E-state index contributed by atoms with van der Waals surface area (Å²) in [4.78, 5) is 28.4. The lowest BCUT2D eigenvalue weighted by atomic mass is 9.74. The first-order valence-electron chi connectivity index (χ1n) is 10.8. The number of anilines is 1. The first-order valence-corrected chi connectivity index (χ1v) is 11.5. The molecule has 2 aromatic rings. The zero-order chi connectivity index (χ0) is 23.1. The van der Waals surface area contributed by atoms with E-state index >= 15 is 0 Å². The number of nitriles is 1. The molecule has 0 aromatic carbocycles. The number of rotatable bonds is 2. The average Bonchev–Trinajstić information content (AvgIpc) is 3.02. The monoisotopic (exact) mass is 498 g/mol. The Labute approximate surface area is 196 Å². The summed E-state index contributed by atoms with van der Waals surface area (Å²) in [5, 5.41) is 12.3. The van der Waals surface area contributed by atoms with Crippen molar-refractivity contribution in [3.63, 3.8) is 0 Å². The summed E-state index contributed by atoms with van der Waals surface area (Å²) >= 11 is 3.39. The lowest BCUT2D eigenvalue weighted by Crippen LogP contribution is -2.51. The number of carbonyl (C=O) groups excluding carboxylic acids is 1. The lowest BCUT2D eigenvalue weighted by Gasteiger charge is -2.42. The Bertz CT molecular complexity index is 1080. The number of aryl methyl sites for hydroxylation is 1. The number of halogens is 1. The molecule has 3 heterocycles. The number of fused-ring (bicyclic) bond motifs is 2. The highest BCUT2D eigenvalue weighted by molar-refractivity contribution is 9.10. The number of amides is 1. The summed E-state index contributed by atoms with van der Waals surface area (Å²) in [6, 6.07) is 6.13. The van der Waals surface area contributed by atoms with Crippen molar-refractivity contribution in [1.29, 1.82) is 5.26 Å². The van der Waals surface area contributed by atoms with E-state index in [4.69, 9.17) is 9.72 Å². The summed E-state index contributed by atoms with van der Waals surface area (Å²) in [6.45, 7) is 9.03. The van der Waals surface area contributed by atoms with Crippen molar-refractivity contribution >= 4 is 28.0 Å². The van der Waals surface area contributed by atoms with Gasteiger partial charge in [-0.1, -0.05) is 6.07 Å². The fourth-order valence-electron chi connectivity index (χ4n) is 4.64. The standard InChI is InChI=1S/C23H27BrN6O2/c1-14-18(24)16(13-25)28-20(27-14)30-10-7-23(8-11-30)17(32-21(31)29-22(2,3)4)12-15-6-5-9-26-19(15)23/h5-6,9,17H,7-8,10-12H2,1-4H3,(H,29,31)/t17-/m1/s1. The quantitative estimate of drug-likeness (QED) is 0.670. The van der Waals surface area contributed by atoms with Crippen LogP contribution >= 0.6 is 15.9 Å². The van der Waals surface area contributed by atoms with Gasteiger partial charge in [-0.05, 0) is 68.1 Å². The predicted octanol–water partition coefficient (Wildman–Crippen LogP) is 3.80. The van der Waals surface area contributed by atoms with Crippen molar-refractivity contribution in [2.75, 3.05) is 18.0 Å². The molecule has 168 valence electrons. The number of carbonyl (C=O) groups is 1. The van der Waals surface area contributed by atoms with E-state index in [9.17, 15) is 10.1 Å². The van der Waals surface area contributed by atoms with Gasteiger partial charge in [0.05, 0.1) is 21.3 Å². The molecule has 8 nitrogen and oxygen atoms in total. The van der Waals surface area contributed by atoms with Crippen molar-refractivity contribution in [2.45, 2.75) is 64.0 Å². The van der Waals surface area contributed by atoms with Crippen LogP contribution in [0.3, 0.4) is 0 Å². The van der Waals surface area contributed by atoms with Crippen molar-refractivity contribution in [3.8, 4) is 6.07 Å². The molecule has 1 amide bonds. The van der Waals surface area contributed by atoms with E-state index < -0.39 is 6.09 Å². The number of alkyl carbamates (subject to hydrolysis) is 1. The summed E-state index contributed by atoms with van der Waals surface area (Å²) in [7, 11) is 0. The molecule has 1 fully saturated rings. The van der Waals surface area contributed by atoms with Crippen LogP contribution in [0.1, 0.15) is 56.3 Å². The van der Waals surface area contributed by atoms with Crippen LogP contribution in [0.5, 0.6) is 0 Å². The SMILES string of the molecule is Cc1nc(N2CCC3(CC2)c2ncccc2C[C@H]3OC(=O)NC(C)(C)C)nc(C#N)c1Br. The highest BCUT2D eigenvalue weighted by Gasteiger charge is 2.52. The van der Waals surface area contributed by atoms with Crippen LogP contribution in [0, 0.1) is 18.3 Å². The molecule has 1 N–H and O–H groups in total. The summed E-state index contributed by atoms with van der Waals surface area (Å²) in [5.41, 5.74) is 2.52. The summed E-state index contributed by atoms with van der Waals surface area (Å²) in [6.07, 6.45) is 3.30. The van der Waals surface area contributed by atoms with Gasteiger partial charge in [0, 0.05) is 31.2 Å². The van der Waals surface area contributed by atoms with E-state index in [1.807, 2.05) is 40.0 Å². The van der Waals surface area contributed by atoms with E-state index in [1.54, 1.807) is 0 Å². The van der Waals surface area contributed by atoms with Crippen molar-refractivity contribution in [1.82, 2.24) is 20.3 Å². The van der Waals surface area contributed by atoms with Gasteiger partial charge in [-0.25, -0.2) is 14.8 Å². The van der Waals surface area contributed by atoms with Gasteiger partial charge in [-0.3, -0.25) is 4.98 Å². The average molecular weight is 499 g/mol. The normalized spacial score (nSPS) is 19.4. The third-order valence-electron chi connectivity index (χ3n) is 6.16. The van der Waals surface area contributed by atoms with Crippen LogP contribution in [0.2, 0.25) is 0 Å². The summed E-state index contributed by atoms with van der Waals surface area (Å²) in [5.74, 6) is 0.555. The molecule has 0 bridgehead atoms.